The van der Waals surface area contributed by atoms with Crippen molar-refractivity contribution in [1.29, 1.82) is 0 Å². The van der Waals surface area contributed by atoms with Crippen LogP contribution in [0.1, 0.15) is 113 Å². The second kappa shape index (κ2) is 11.8. The lowest BCUT2D eigenvalue weighted by atomic mass is 9.76. The second-order valence-corrected chi connectivity index (χ2v) is 9.19. The Morgan fingerprint density at radius 1 is 1.04 bits per heavy atom. The molecule has 0 aliphatic carbocycles. The van der Waals surface area contributed by atoms with E-state index in [1.165, 1.54) is 38.5 Å². The molecule has 0 aromatic carbocycles. The fourth-order valence-electron chi connectivity index (χ4n) is 3.11. The number of carbonyl (C=O) groups excluding carboxylic acids is 1. The molecule has 1 aliphatic rings. The zero-order valence-electron chi connectivity index (χ0n) is 18.5. The summed E-state index contributed by atoms with van der Waals surface area (Å²) in [5.41, 5.74) is 1.17. The first-order valence-electron chi connectivity index (χ1n) is 10.6. The van der Waals surface area contributed by atoms with E-state index in [2.05, 4.69) is 66.5 Å². The van der Waals surface area contributed by atoms with E-state index in [0.29, 0.717) is 5.78 Å². The topological polar surface area (TPSA) is 20.3 Å². The third-order valence-corrected chi connectivity index (χ3v) is 4.91. The van der Waals surface area contributed by atoms with Crippen LogP contribution in [0.15, 0.2) is 11.8 Å². The maximum Gasteiger partial charge on any atom is 0.160 e. The Morgan fingerprint density at radius 2 is 1.56 bits per heavy atom. The summed E-state index contributed by atoms with van der Waals surface area (Å²) >= 11 is 0. The largest absolute Gasteiger partial charge is 0.372 e. The van der Waals surface area contributed by atoms with Crippen LogP contribution in [0.2, 0.25) is 0 Å². The minimum Gasteiger partial charge on any atom is -0.372 e. The van der Waals surface area contributed by atoms with Crippen LogP contribution in [0.5, 0.6) is 0 Å². The zero-order chi connectivity index (χ0) is 19.5. The van der Waals surface area contributed by atoms with Gasteiger partial charge in [-0.15, -0.1) is 0 Å². The molecule has 0 spiro atoms. The minimum atomic E-state index is 0.0288. The highest BCUT2D eigenvalue weighted by Crippen LogP contribution is 2.37. The Labute approximate surface area is 158 Å². The number of Topliss-reactive ketones (excluding diaryl/α,β-unsaturated/α-hetero) is 1. The van der Waals surface area contributed by atoms with Crippen molar-refractivity contribution in [1.82, 2.24) is 4.90 Å². The van der Waals surface area contributed by atoms with E-state index in [9.17, 15) is 4.79 Å². The van der Waals surface area contributed by atoms with E-state index in [1.54, 1.807) is 0 Å². The third-order valence-electron chi connectivity index (χ3n) is 4.91. The molecule has 0 aromatic rings. The molecule has 148 valence electrons. The van der Waals surface area contributed by atoms with Gasteiger partial charge in [-0.1, -0.05) is 73.1 Å². The Morgan fingerprint density at radius 3 is 2.08 bits per heavy atom. The van der Waals surface area contributed by atoms with Crippen molar-refractivity contribution in [2.75, 3.05) is 6.54 Å². The molecule has 0 aromatic heterocycles. The van der Waals surface area contributed by atoms with Crippen molar-refractivity contribution < 1.29 is 4.79 Å². The van der Waals surface area contributed by atoms with E-state index < -0.39 is 0 Å². The van der Waals surface area contributed by atoms with Crippen LogP contribution < -0.4 is 0 Å². The molecule has 0 bridgehead atoms. The molecule has 0 N–H and O–H groups in total. The number of unbranched alkanes of at least 4 members (excludes halogenated alkanes) is 5. The molecule has 0 unspecified atom stereocenters. The lowest BCUT2D eigenvalue weighted by Gasteiger charge is -2.43. The van der Waals surface area contributed by atoms with E-state index in [0.717, 1.165) is 31.4 Å². The molecule has 1 rings (SSSR count). The second-order valence-electron chi connectivity index (χ2n) is 9.19. The SMILES string of the molecule is CCC.CCCCCCCCC(=O)C1=CN(C(C)(C)C)CCC1(C)C. The summed E-state index contributed by atoms with van der Waals surface area (Å²) in [6.07, 6.45) is 12.6. The number of carbonyl (C=O) groups is 1. The van der Waals surface area contributed by atoms with Crippen LogP contribution >= 0.6 is 0 Å². The molecule has 1 heterocycles. The molecule has 0 saturated heterocycles. The number of nitrogens with zero attached hydrogens (tertiary/aromatic N) is 1. The number of rotatable bonds is 8. The van der Waals surface area contributed by atoms with Crippen LogP contribution in [0, 0.1) is 5.41 Å². The van der Waals surface area contributed by atoms with Crippen LogP contribution in [0.25, 0.3) is 0 Å². The highest BCUT2D eigenvalue weighted by Gasteiger charge is 2.34. The van der Waals surface area contributed by atoms with Gasteiger partial charge in [-0.3, -0.25) is 4.79 Å². The highest BCUT2D eigenvalue weighted by atomic mass is 16.1. The van der Waals surface area contributed by atoms with Gasteiger partial charge in [0.25, 0.3) is 0 Å². The highest BCUT2D eigenvalue weighted by molar-refractivity contribution is 5.96. The average Bonchev–Trinajstić information content (AvgIpc) is 2.49. The molecule has 0 saturated carbocycles. The number of ketones is 1. The first-order chi connectivity index (χ1) is 11.6. The van der Waals surface area contributed by atoms with E-state index in [4.69, 9.17) is 0 Å². The Bertz CT molecular complexity index is 401. The van der Waals surface area contributed by atoms with Gasteiger partial charge in [-0.05, 0) is 39.0 Å². The van der Waals surface area contributed by atoms with Gasteiger partial charge in [0, 0.05) is 30.3 Å². The maximum absolute atomic E-state index is 12.7. The van der Waals surface area contributed by atoms with Gasteiger partial charge in [-0.25, -0.2) is 0 Å². The van der Waals surface area contributed by atoms with Crippen molar-refractivity contribution in [3.05, 3.63) is 11.8 Å². The smallest absolute Gasteiger partial charge is 0.160 e. The monoisotopic (exact) mass is 351 g/mol. The van der Waals surface area contributed by atoms with Gasteiger partial charge in [-0.2, -0.15) is 0 Å². The lowest BCUT2D eigenvalue weighted by molar-refractivity contribution is -0.117. The molecule has 0 amide bonds. The Balaban J connectivity index is 0.00000178. The van der Waals surface area contributed by atoms with E-state index >= 15 is 0 Å². The van der Waals surface area contributed by atoms with Crippen LogP contribution in [-0.2, 0) is 4.79 Å². The molecular weight excluding hydrogens is 306 g/mol. The zero-order valence-corrected chi connectivity index (χ0v) is 18.5. The summed E-state index contributed by atoms with van der Waals surface area (Å²) in [4.78, 5) is 15.0. The summed E-state index contributed by atoms with van der Waals surface area (Å²) in [6.45, 7) is 18.6. The fraction of sp³-hybridized carbons (Fsp3) is 0.870. The molecule has 1 aliphatic heterocycles. The first-order valence-corrected chi connectivity index (χ1v) is 10.6. The maximum atomic E-state index is 12.7. The van der Waals surface area contributed by atoms with Crippen molar-refractivity contribution >= 4 is 5.78 Å². The third kappa shape index (κ3) is 9.47. The Hall–Kier alpha value is -0.790. The summed E-state index contributed by atoms with van der Waals surface area (Å²) in [6, 6.07) is 0. The summed E-state index contributed by atoms with van der Waals surface area (Å²) in [7, 11) is 0. The molecule has 0 atom stereocenters. The number of hydrogen-bond acceptors (Lipinski definition) is 2. The van der Waals surface area contributed by atoms with Gasteiger partial charge in [0.1, 0.15) is 0 Å². The molecule has 2 nitrogen and oxygen atoms in total. The van der Waals surface area contributed by atoms with Crippen molar-refractivity contribution in [3.8, 4) is 0 Å². The normalized spacial score (nSPS) is 16.8. The standard InChI is InChI=1S/C20H37NO.C3H8/c1-7-8-9-10-11-12-13-18(22)17-16-21(19(2,3)4)15-14-20(17,5)6;1-3-2/h16H,7-15H2,1-6H3;3H2,1-2H3. The van der Waals surface area contributed by atoms with Crippen molar-refractivity contribution in [3.63, 3.8) is 0 Å². The molecule has 0 radical (unpaired) electrons. The van der Waals surface area contributed by atoms with Crippen LogP contribution in [0.4, 0.5) is 0 Å². The predicted molar refractivity (Wildman–Crippen MR) is 112 cm³/mol. The number of hydrogen-bond donors (Lipinski definition) is 0. The van der Waals surface area contributed by atoms with Gasteiger partial charge in [0.15, 0.2) is 5.78 Å². The average molecular weight is 352 g/mol. The first kappa shape index (κ1) is 24.2. The molecular formula is C23H45NO. The molecule has 25 heavy (non-hydrogen) atoms. The summed E-state index contributed by atoms with van der Waals surface area (Å²) in [5, 5.41) is 0. The van der Waals surface area contributed by atoms with Gasteiger partial charge >= 0.3 is 0 Å². The van der Waals surface area contributed by atoms with Crippen LogP contribution in [-0.4, -0.2) is 22.8 Å². The van der Waals surface area contributed by atoms with Crippen molar-refractivity contribution in [2.24, 2.45) is 5.41 Å². The fourth-order valence-corrected chi connectivity index (χ4v) is 3.11. The van der Waals surface area contributed by atoms with Gasteiger partial charge in [0.05, 0.1) is 0 Å². The lowest BCUT2D eigenvalue weighted by Crippen LogP contribution is -2.44. The van der Waals surface area contributed by atoms with Crippen LogP contribution in [0.3, 0.4) is 0 Å². The van der Waals surface area contributed by atoms with E-state index in [-0.39, 0.29) is 11.0 Å². The Kier molecular flexibility index (Phi) is 11.4. The van der Waals surface area contributed by atoms with Gasteiger partial charge in [0.2, 0.25) is 0 Å². The quantitative estimate of drug-likeness (QED) is 0.433. The van der Waals surface area contributed by atoms with Crippen molar-refractivity contribution in [2.45, 2.75) is 119 Å². The molecule has 0 fully saturated rings. The number of allylic oxidation sites excluding steroid dienone is 1. The molecule has 2 heteroatoms. The van der Waals surface area contributed by atoms with E-state index in [1.807, 2.05) is 0 Å². The van der Waals surface area contributed by atoms with Gasteiger partial charge < -0.3 is 4.90 Å². The summed E-state index contributed by atoms with van der Waals surface area (Å²) in [5.74, 6) is 0.370. The summed E-state index contributed by atoms with van der Waals surface area (Å²) < 4.78 is 0. The minimum absolute atomic E-state index is 0.0288. The predicted octanol–water partition coefficient (Wildman–Crippen LogP) is 7.14.